The molecule has 1 heterocycles. The Morgan fingerprint density at radius 2 is 1.91 bits per heavy atom. The maximum absolute atomic E-state index is 11.5. The van der Waals surface area contributed by atoms with Gasteiger partial charge in [-0.15, -0.1) is 0 Å². The summed E-state index contributed by atoms with van der Waals surface area (Å²) in [6, 6.07) is 7.31. The molecule has 2 N–H and O–H groups in total. The van der Waals surface area contributed by atoms with E-state index in [-0.39, 0.29) is 17.9 Å². The maximum atomic E-state index is 11.5. The van der Waals surface area contributed by atoms with Gasteiger partial charge in [0.05, 0.1) is 6.61 Å². The minimum atomic E-state index is -0.933. The summed E-state index contributed by atoms with van der Waals surface area (Å²) in [6.07, 6.45) is -0.933. The first-order valence-electron chi connectivity index (χ1n) is 7.30. The monoisotopic (exact) mass is 323 g/mol. The van der Waals surface area contributed by atoms with Gasteiger partial charge in [0.15, 0.2) is 0 Å². The van der Waals surface area contributed by atoms with Gasteiger partial charge in [-0.25, -0.2) is 4.79 Å². The highest BCUT2D eigenvalue weighted by molar-refractivity contribution is 6.30. The summed E-state index contributed by atoms with van der Waals surface area (Å²) < 4.78 is 0. The number of aliphatic hydroxyl groups is 1. The van der Waals surface area contributed by atoms with Crippen molar-refractivity contribution >= 4 is 23.3 Å². The maximum Gasteiger partial charge on any atom is 0.407 e. The molecule has 2 rings (SSSR count). The summed E-state index contributed by atoms with van der Waals surface area (Å²) in [7, 11) is 0. The van der Waals surface area contributed by atoms with Crippen LogP contribution in [0.4, 0.5) is 4.79 Å². The average Bonchev–Trinajstić information content (AvgIpc) is 2.45. The van der Waals surface area contributed by atoms with Crippen molar-refractivity contribution in [2.45, 2.75) is 20.8 Å². The molecule has 0 saturated heterocycles. The summed E-state index contributed by atoms with van der Waals surface area (Å²) in [6.45, 7) is 6.84. The van der Waals surface area contributed by atoms with Crippen molar-refractivity contribution in [3.05, 3.63) is 40.4 Å². The van der Waals surface area contributed by atoms with E-state index < -0.39 is 6.09 Å². The third-order valence-electron chi connectivity index (χ3n) is 4.24. The van der Waals surface area contributed by atoms with Crippen LogP contribution in [0.1, 0.15) is 26.3 Å². The van der Waals surface area contributed by atoms with Crippen molar-refractivity contribution in [1.82, 2.24) is 4.90 Å². The Bertz CT molecular complexity index is 587. The molecule has 5 heteroatoms. The van der Waals surface area contributed by atoms with Gasteiger partial charge in [0.2, 0.25) is 0 Å². The third-order valence-corrected chi connectivity index (χ3v) is 4.49. The number of carbonyl (C=O) groups is 1. The summed E-state index contributed by atoms with van der Waals surface area (Å²) in [5.74, 6) is -0.0203. The summed E-state index contributed by atoms with van der Waals surface area (Å²) in [5.41, 5.74) is 2.58. The molecule has 1 aromatic rings. The zero-order valence-electron chi connectivity index (χ0n) is 13.1. The molecule has 0 aromatic heterocycles. The molecule has 1 aromatic carbocycles. The van der Waals surface area contributed by atoms with Gasteiger partial charge in [-0.1, -0.05) is 44.5 Å². The average molecular weight is 324 g/mol. The summed E-state index contributed by atoms with van der Waals surface area (Å²) >= 11 is 5.93. The van der Waals surface area contributed by atoms with Crippen LogP contribution in [0.2, 0.25) is 5.02 Å². The lowest BCUT2D eigenvalue weighted by molar-refractivity contribution is 0.121. The number of nitrogens with zero attached hydrogens (tertiary/aromatic N) is 1. The number of halogens is 1. The second-order valence-corrected chi connectivity index (χ2v) is 7.19. The number of aliphatic hydroxyl groups excluding tert-OH is 1. The van der Waals surface area contributed by atoms with Crippen molar-refractivity contribution in [2.24, 2.45) is 11.3 Å². The highest BCUT2D eigenvalue weighted by Gasteiger charge is 2.36. The van der Waals surface area contributed by atoms with Gasteiger partial charge < -0.3 is 15.1 Å². The van der Waals surface area contributed by atoms with Gasteiger partial charge in [0.25, 0.3) is 0 Å². The van der Waals surface area contributed by atoms with Gasteiger partial charge in [-0.3, -0.25) is 0 Å². The zero-order chi connectivity index (χ0) is 16.5. The van der Waals surface area contributed by atoms with Gasteiger partial charge in [-0.05, 0) is 34.3 Å². The fourth-order valence-corrected chi connectivity index (χ4v) is 3.10. The molecule has 1 unspecified atom stereocenters. The van der Waals surface area contributed by atoms with Crippen molar-refractivity contribution < 1.29 is 15.0 Å². The SMILES string of the molecule is CC(C)(C)C1CN(C(=O)O)CC(c2ccc(Cl)cc2)=C1CO. The molecule has 1 atom stereocenters. The van der Waals surface area contributed by atoms with Crippen LogP contribution >= 0.6 is 11.6 Å². The molecule has 0 spiro atoms. The first-order chi connectivity index (χ1) is 10.2. The highest BCUT2D eigenvalue weighted by atomic mass is 35.5. The highest BCUT2D eigenvalue weighted by Crippen LogP contribution is 2.40. The Morgan fingerprint density at radius 3 is 2.36 bits per heavy atom. The van der Waals surface area contributed by atoms with Gasteiger partial charge >= 0.3 is 6.09 Å². The van der Waals surface area contributed by atoms with E-state index in [1.165, 1.54) is 4.90 Å². The molecule has 0 radical (unpaired) electrons. The molecule has 0 aliphatic carbocycles. The Kier molecular flexibility index (Phi) is 4.83. The minimum Gasteiger partial charge on any atom is -0.465 e. The molecule has 1 aliphatic heterocycles. The molecular formula is C17H22ClNO3. The number of rotatable bonds is 2. The second kappa shape index (κ2) is 6.31. The van der Waals surface area contributed by atoms with Crippen LogP contribution in [0.25, 0.3) is 5.57 Å². The van der Waals surface area contributed by atoms with Crippen LogP contribution in [0.15, 0.2) is 29.8 Å². The van der Waals surface area contributed by atoms with Crippen LogP contribution < -0.4 is 0 Å². The van der Waals surface area contributed by atoms with Crippen molar-refractivity contribution in [1.29, 1.82) is 0 Å². The van der Waals surface area contributed by atoms with E-state index in [0.29, 0.717) is 18.1 Å². The quantitative estimate of drug-likeness (QED) is 0.871. The van der Waals surface area contributed by atoms with Crippen molar-refractivity contribution in [2.75, 3.05) is 19.7 Å². The molecule has 0 bridgehead atoms. The van der Waals surface area contributed by atoms with E-state index in [0.717, 1.165) is 16.7 Å². The lowest BCUT2D eigenvalue weighted by Crippen LogP contribution is -2.45. The largest absolute Gasteiger partial charge is 0.465 e. The number of hydrogen-bond donors (Lipinski definition) is 2. The topological polar surface area (TPSA) is 60.8 Å². The molecule has 1 aliphatic rings. The fraction of sp³-hybridized carbons (Fsp3) is 0.471. The molecule has 0 fully saturated rings. The van der Waals surface area contributed by atoms with Gasteiger partial charge in [0, 0.05) is 24.0 Å². The lowest BCUT2D eigenvalue weighted by atomic mass is 9.72. The van der Waals surface area contributed by atoms with E-state index in [4.69, 9.17) is 11.6 Å². The Balaban J connectivity index is 2.54. The molecular weight excluding hydrogens is 302 g/mol. The minimum absolute atomic E-state index is 0.0203. The first-order valence-corrected chi connectivity index (χ1v) is 7.68. The number of carboxylic acid groups (broad SMARTS) is 1. The van der Waals surface area contributed by atoms with Crippen molar-refractivity contribution in [3.63, 3.8) is 0 Å². The first kappa shape index (κ1) is 16.8. The predicted molar refractivity (Wildman–Crippen MR) is 88.0 cm³/mol. The van der Waals surface area contributed by atoms with Gasteiger partial charge in [-0.2, -0.15) is 0 Å². The number of benzene rings is 1. The molecule has 22 heavy (non-hydrogen) atoms. The van der Waals surface area contributed by atoms with Gasteiger partial charge in [0.1, 0.15) is 0 Å². The van der Waals surface area contributed by atoms with E-state index in [9.17, 15) is 15.0 Å². The Labute approximate surface area is 136 Å². The molecule has 1 amide bonds. The number of hydrogen-bond acceptors (Lipinski definition) is 2. The van der Waals surface area contributed by atoms with Crippen molar-refractivity contribution in [3.8, 4) is 0 Å². The van der Waals surface area contributed by atoms with Crippen LogP contribution in [-0.2, 0) is 0 Å². The van der Waals surface area contributed by atoms with E-state index in [2.05, 4.69) is 20.8 Å². The zero-order valence-corrected chi connectivity index (χ0v) is 13.9. The summed E-state index contributed by atoms with van der Waals surface area (Å²) in [4.78, 5) is 12.9. The van der Waals surface area contributed by atoms with Crippen LogP contribution in [0.3, 0.4) is 0 Å². The smallest absolute Gasteiger partial charge is 0.407 e. The fourth-order valence-electron chi connectivity index (χ4n) is 2.97. The standard InChI is InChI=1S/C17H22ClNO3/c1-17(2,3)15-9-19(16(21)22)8-13(14(15)10-20)11-4-6-12(18)7-5-11/h4-7,15,20H,8-10H2,1-3H3,(H,21,22). The molecule has 4 nitrogen and oxygen atoms in total. The van der Waals surface area contributed by atoms with E-state index >= 15 is 0 Å². The predicted octanol–water partition coefficient (Wildman–Crippen LogP) is 3.74. The molecule has 0 saturated carbocycles. The third kappa shape index (κ3) is 3.45. The number of amides is 1. The van der Waals surface area contributed by atoms with E-state index in [1.807, 2.05) is 12.1 Å². The van der Waals surface area contributed by atoms with E-state index in [1.54, 1.807) is 12.1 Å². The Morgan fingerprint density at radius 1 is 1.32 bits per heavy atom. The second-order valence-electron chi connectivity index (χ2n) is 6.75. The van der Waals surface area contributed by atoms with Crippen LogP contribution in [0.5, 0.6) is 0 Å². The summed E-state index contributed by atoms with van der Waals surface area (Å²) in [5, 5.41) is 19.9. The normalized spacial score (nSPS) is 19.5. The van der Waals surface area contributed by atoms with Crippen LogP contribution in [0, 0.1) is 11.3 Å². The Hall–Kier alpha value is -1.52. The van der Waals surface area contributed by atoms with Crippen LogP contribution in [-0.4, -0.2) is 40.9 Å². The lowest BCUT2D eigenvalue weighted by Gasteiger charge is -2.41. The molecule has 120 valence electrons.